The normalized spacial score (nSPS) is 14.9. The van der Waals surface area contributed by atoms with Crippen LogP contribution in [0.25, 0.3) is 11.1 Å². The van der Waals surface area contributed by atoms with Crippen molar-refractivity contribution >= 4 is 35.8 Å². The quantitative estimate of drug-likeness (QED) is 0.0322. The average Bonchev–Trinajstić information content (AvgIpc) is 3.66. The molecule has 60 heavy (non-hydrogen) atoms. The third kappa shape index (κ3) is 14.7. The molecule has 0 saturated heterocycles. The highest BCUT2D eigenvalue weighted by Crippen LogP contribution is 2.36. The first-order valence-electron chi connectivity index (χ1n) is 20.6. The Kier molecular flexibility index (Phi) is 19.5. The number of carbonyl (C=O) groups is 6. The average molecular weight is 835 g/mol. The first-order chi connectivity index (χ1) is 28.5. The molecule has 2 aromatic rings. The predicted molar refractivity (Wildman–Crippen MR) is 224 cm³/mol. The molecule has 3 rings (SSSR count). The summed E-state index contributed by atoms with van der Waals surface area (Å²) in [6, 6.07) is 12.3. The summed E-state index contributed by atoms with van der Waals surface area (Å²) in [6.07, 6.45) is 9.19. The highest BCUT2D eigenvalue weighted by Gasteiger charge is 2.40. The lowest BCUT2D eigenvalue weighted by Gasteiger charge is -2.33. The third-order valence-electron chi connectivity index (χ3n) is 10.5. The van der Waals surface area contributed by atoms with Gasteiger partial charge in [0.25, 0.3) is 0 Å². The number of methoxy groups -OCH3 is 2. The number of unbranched alkanes of at least 4 members (excludes halogenated alkanes) is 3. The Bertz CT molecular complexity index is 1820. The fourth-order valence-electron chi connectivity index (χ4n) is 6.67. The molecule has 13 heteroatoms. The maximum Gasteiger partial charge on any atom is 0.333 e. The van der Waals surface area contributed by atoms with Crippen molar-refractivity contribution in [1.82, 2.24) is 0 Å². The van der Waals surface area contributed by atoms with Gasteiger partial charge in [0.2, 0.25) is 0 Å². The zero-order chi connectivity index (χ0) is 44.4. The Morgan fingerprint density at radius 2 is 1.22 bits per heavy atom. The van der Waals surface area contributed by atoms with Gasteiger partial charge in [0.1, 0.15) is 37.6 Å². The number of hydrogen-bond donors (Lipinski definition) is 0. The second-order valence-electron chi connectivity index (χ2n) is 15.8. The van der Waals surface area contributed by atoms with E-state index in [2.05, 4.69) is 38.3 Å². The molecule has 13 nitrogen and oxygen atoms in total. The fraction of sp³-hybridized carbons (Fsp3) is 0.532. The van der Waals surface area contributed by atoms with E-state index in [-0.39, 0.29) is 24.4 Å². The Morgan fingerprint density at radius 1 is 0.667 bits per heavy atom. The molecule has 0 aliphatic heterocycles. The minimum Gasteiger partial charge on any atom is -0.492 e. The summed E-state index contributed by atoms with van der Waals surface area (Å²) in [5.74, 6) is -6.38. The first kappa shape index (κ1) is 48.9. The van der Waals surface area contributed by atoms with Crippen molar-refractivity contribution in [3.8, 4) is 16.9 Å². The fourth-order valence-corrected chi connectivity index (χ4v) is 6.67. The Morgan fingerprint density at radius 3 is 1.80 bits per heavy atom. The number of benzene rings is 2. The molecule has 0 radical (unpaired) electrons. The van der Waals surface area contributed by atoms with E-state index < -0.39 is 72.9 Å². The summed E-state index contributed by atoms with van der Waals surface area (Å²) >= 11 is 0. The second kappa shape index (κ2) is 24.0. The number of carbonyl (C=O) groups excluding carboxylic acids is 6. The van der Waals surface area contributed by atoms with E-state index in [1.165, 1.54) is 64.0 Å². The lowest BCUT2D eigenvalue weighted by molar-refractivity contribution is -0.170. The van der Waals surface area contributed by atoms with Gasteiger partial charge in [0, 0.05) is 11.1 Å². The van der Waals surface area contributed by atoms with Crippen LogP contribution >= 0.6 is 0 Å². The predicted octanol–water partition coefficient (Wildman–Crippen LogP) is 7.28. The molecule has 0 heterocycles. The van der Waals surface area contributed by atoms with Crippen LogP contribution in [0.1, 0.15) is 89.8 Å². The van der Waals surface area contributed by atoms with Gasteiger partial charge in [-0.25, -0.2) is 9.59 Å². The minimum atomic E-state index is -1.57. The molecule has 0 aromatic heterocycles. The molecule has 2 aromatic carbocycles. The van der Waals surface area contributed by atoms with Crippen LogP contribution in [0.4, 0.5) is 0 Å². The minimum absolute atomic E-state index is 0.0803. The number of hydrogen-bond acceptors (Lipinski definition) is 13. The molecule has 0 saturated carbocycles. The molecular weight excluding hydrogens is 773 g/mol. The van der Waals surface area contributed by atoms with E-state index in [0.29, 0.717) is 24.5 Å². The number of ether oxygens (including phenoxy) is 7. The van der Waals surface area contributed by atoms with Crippen LogP contribution in [0.5, 0.6) is 5.75 Å². The van der Waals surface area contributed by atoms with Crippen LogP contribution in [0, 0.1) is 23.2 Å². The molecule has 0 amide bonds. The Balaban J connectivity index is 2.00. The van der Waals surface area contributed by atoms with Gasteiger partial charge in [-0.1, -0.05) is 70.0 Å². The lowest BCUT2D eigenvalue weighted by atomic mass is 9.91. The first-order valence-corrected chi connectivity index (χ1v) is 20.6. The Hall–Kier alpha value is -5.46. The van der Waals surface area contributed by atoms with Crippen molar-refractivity contribution in [2.45, 2.75) is 92.4 Å². The molecule has 328 valence electrons. The van der Waals surface area contributed by atoms with Crippen molar-refractivity contribution in [1.29, 1.82) is 0 Å². The molecular formula is C47H62O13. The molecule has 0 spiro atoms. The van der Waals surface area contributed by atoms with Crippen LogP contribution in [-0.2, 0) is 76.5 Å². The van der Waals surface area contributed by atoms with Gasteiger partial charge in [0.05, 0.1) is 20.8 Å². The summed E-state index contributed by atoms with van der Waals surface area (Å²) in [5, 5.41) is 0. The monoisotopic (exact) mass is 834 g/mol. The molecule has 0 fully saturated rings. The summed E-state index contributed by atoms with van der Waals surface area (Å²) in [4.78, 5) is 75.2. The summed E-state index contributed by atoms with van der Waals surface area (Å²) < 4.78 is 37.9. The molecule has 3 atom stereocenters. The molecule has 0 N–H and O–H groups in total. The van der Waals surface area contributed by atoms with Gasteiger partial charge >= 0.3 is 35.8 Å². The zero-order valence-electron chi connectivity index (χ0n) is 36.3. The van der Waals surface area contributed by atoms with E-state index in [0.717, 1.165) is 43.8 Å². The molecule has 1 aliphatic rings. The van der Waals surface area contributed by atoms with Gasteiger partial charge in [0.15, 0.2) is 11.8 Å². The third-order valence-corrected chi connectivity index (χ3v) is 10.5. The van der Waals surface area contributed by atoms with E-state index >= 15 is 0 Å². The van der Waals surface area contributed by atoms with Gasteiger partial charge in [-0.3, -0.25) is 19.2 Å². The number of fused-ring (bicyclic) bond motifs is 1. The van der Waals surface area contributed by atoms with Gasteiger partial charge in [-0.05, 0) is 106 Å². The van der Waals surface area contributed by atoms with Crippen LogP contribution in [-0.4, -0.2) is 83.1 Å². The van der Waals surface area contributed by atoms with Crippen molar-refractivity contribution in [3.05, 3.63) is 77.4 Å². The number of aryl methyl sites for hydroxylation is 1. The molecule has 3 unspecified atom stereocenters. The molecule has 1 aliphatic carbocycles. The largest absolute Gasteiger partial charge is 0.492 e. The van der Waals surface area contributed by atoms with Gasteiger partial charge in [-0.2, -0.15) is 0 Å². The van der Waals surface area contributed by atoms with Crippen LogP contribution in [0.3, 0.4) is 0 Å². The summed E-state index contributed by atoms with van der Waals surface area (Å²) in [7, 11) is 2.26. The van der Waals surface area contributed by atoms with Gasteiger partial charge < -0.3 is 33.2 Å². The maximum atomic E-state index is 13.0. The topological polar surface area (TPSA) is 167 Å². The Labute approximate surface area is 354 Å². The van der Waals surface area contributed by atoms with Crippen LogP contribution < -0.4 is 4.74 Å². The summed E-state index contributed by atoms with van der Waals surface area (Å²) in [6.45, 7) is 13.3. The molecule has 0 bridgehead atoms. The lowest BCUT2D eigenvalue weighted by Crippen LogP contribution is -2.45. The number of esters is 6. The SMILES string of the molecule is C=C(C)C(=O)OCCCc1cc(-c2ccc3c(c2)CC(CCCCCC)C3)ccc1OCC(COC(=O)C(=C)C)(COC(=O)C(C)C(=O)OC)COC(=O)C(C)C(=O)OC. The maximum absolute atomic E-state index is 13.0. The van der Waals surface area contributed by atoms with E-state index in [1.807, 2.05) is 12.1 Å². The smallest absolute Gasteiger partial charge is 0.333 e. The van der Waals surface area contributed by atoms with E-state index in [9.17, 15) is 28.8 Å². The van der Waals surface area contributed by atoms with Crippen molar-refractivity contribution in [3.63, 3.8) is 0 Å². The number of rotatable bonds is 25. The van der Waals surface area contributed by atoms with Crippen molar-refractivity contribution < 1.29 is 61.9 Å². The summed E-state index contributed by atoms with van der Waals surface area (Å²) in [5.41, 5.74) is 4.28. The van der Waals surface area contributed by atoms with Crippen LogP contribution in [0.2, 0.25) is 0 Å². The highest BCUT2D eigenvalue weighted by atomic mass is 16.6. The van der Waals surface area contributed by atoms with E-state index in [1.54, 1.807) is 13.0 Å². The highest BCUT2D eigenvalue weighted by molar-refractivity contribution is 5.95. The van der Waals surface area contributed by atoms with E-state index in [4.69, 9.17) is 33.2 Å². The van der Waals surface area contributed by atoms with Crippen LogP contribution in [0.15, 0.2) is 60.7 Å². The second-order valence-corrected chi connectivity index (χ2v) is 15.8. The van der Waals surface area contributed by atoms with Crippen molar-refractivity contribution in [2.75, 3.05) is 47.3 Å². The zero-order valence-corrected chi connectivity index (χ0v) is 36.3. The van der Waals surface area contributed by atoms with Gasteiger partial charge in [-0.15, -0.1) is 0 Å². The standard InChI is InChI=1S/C47H62O13/c1-10-11-12-13-15-34-22-35-17-18-36(25-39(35)23-34)37-19-20-40(38(24-37)16-14-21-56-41(48)30(2)3)57-26-47(27-58-42(49)31(4)5,28-59-45(52)32(6)43(50)54-8)29-60-46(53)33(7)44(51)55-9/h17-20,24-25,32-34H,2,4,10-16,21-23,26-29H2,1,3,5-9H3. The van der Waals surface area contributed by atoms with Crippen molar-refractivity contribution in [2.24, 2.45) is 23.2 Å².